The maximum Gasteiger partial charge on any atom is 0.404 e. The van der Waals surface area contributed by atoms with Crippen LogP contribution < -0.4 is 5.73 Å². The Hall–Kier alpha value is -1.75. The van der Waals surface area contributed by atoms with Gasteiger partial charge < -0.3 is 10.5 Å². The second-order valence-electron chi connectivity index (χ2n) is 4.75. The average molecular weight is 291 g/mol. The van der Waals surface area contributed by atoms with Crippen molar-refractivity contribution in [1.29, 1.82) is 0 Å². The van der Waals surface area contributed by atoms with Crippen LogP contribution in [0.5, 0.6) is 0 Å². The predicted octanol–water partition coefficient (Wildman–Crippen LogP) is 3.09. The van der Waals surface area contributed by atoms with Crippen LogP contribution in [0.4, 0.5) is 4.79 Å². The Kier molecular flexibility index (Phi) is 4.84. The monoisotopic (exact) mass is 291 g/mol. The molecule has 0 saturated heterocycles. The fraction of sp³-hybridized carbons (Fsp3) is 0.333. The molecule has 2 rings (SSSR count). The summed E-state index contributed by atoms with van der Waals surface area (Å²) >= 11 is 1.57. The lowest BCUT2D eigenvalue weighted by atomic mass is 9.98. The van der Waals surface area contributed by atoms with E-state index in [0.717, 1.165) is 17.5 Å². The summed E-state index contributed by atoms with van der Waals surface area (Å²) in [7, 11) is 0. The van der Waals surface area contributed by atoms with Gasteiger partial charge in [-0.3, -0.25) is 4.79 Å². The van der Waals surface area contributed by atoms with Crippen LogP contribution >= 0.6 is 11.8 Å². The lowest BCUT2D eigenvalue weighted by Gasteiger charge is -2.13. The van der Waals surface area contributed by atoms with Crippen molar-refractivity contribution in [2.45, 2.75) is 24.5 Å². The molecule has 1 heterocycles. The maximum atomic E-state index is 12.2. The zero-order valence-electron chi connectivity index (χ0n) is 11.2. The van der Waals surface area contributed by atoms with Crippen LogP contribution in [-0.4, -0.2) is 23.7 Å². The van der Waals surface area contributed by atoms with Crippen LogP contribution in [0.3, 0.4) is 0 Å². The largest absolute Gasteiger partial charge is 0.449 e. The highest BCUT2D eigenvalue weighted by Gasteiger charge is 2.21. The molecule has 1 aromatic rings. The van der Waals surface area contributed by atoms with Crippen LogP contribution in [0.15, 0.2) is 35.7 Å². The Bertz CT molecular complexity index is 516. The molecule has 0 aromatic heterocycles. The fourth-order valence-corrected chi connectivity index (χ4v) is 2.91. The molecule has 106 valence electrons. The number of primary amides is 1. The molecular formula is C15H17NO3S. The minimum atomic E-state index is -0.769. The fourth-order valence-electron chi connectivity index (χ4n) is 2.02. The number of amides is 1. The van der Waals surface area contributed by atoms with Gasteiger partial charge in [-0.25, -0.2) is 4.79 Å². The lowest BCUT2D eigenvalue weighted by Crippen LogP contribution is -2.17. The summed E-state index contributed by atoms with van der Waals surface area (Å²) in [5, 5.41) is 1.98. The van der Waals surface area contributed by atoms with E-state index in [1.165, 1.54) is 0 Å². The Labute approximate surface area is 122 Å². The van der Waals surface area contributed by atoms with E-state index in [9.17, 15) is 9.59 Å². The number of rotatable bonds is 5. The summed E-state index contributed by atoms with van der Waals surface area (Å²) in [6.45, 7) is 2.18. The van der Waals surface area contributed by atoms with Gasteiger partial charge in [-0.05, 0) is 17.4 Å². The molecule has 1 aromatic carbocycles. The number of carbonyl (C=O) groups excluding carboxylic acids is 2. The molecule has 0 saturated carbocycles. The molecule has 0 radical (unpaired) electrons. The molecule has 0 aliphatic carbocycles. The molecule has 2 atom stereocenters. The molecule has 2 N–H and O–H groups in total. The van der Waals surface area contributed by atoms with E-state index in [-0.39, 0.29) is 23.6 Å². The van der Waals surface area contributed by atoms with Crippen LogP contribution in [0.25, 0.3) is 0 Å². The quantitative estimate of drug-likeness (QED) is 0.846. The highest BCUT2D eigenvalue weighted by Crippen LogP contribution is 2.27. The highest BCUT2D eigenvalue weighted by molar-refractivity contribution is 8.03. The first kappa shape index (κ1) is 14.7. The number of ketones is 1. The normalized spacial score (nSPS) is 18.8. The van der Waals surface area contributed by atoms with Crippen molar-refractivity contribution >= 4 is 23.6 Å². The van der Waals surface area contributed by atoms with Crippen LogP contribution in [0.2, 0.25) is 0 Å². The van der Waals surface area contributed by atoms with Crippen LogP contribution in [-0.2, 0) is 4.74 Å². The van der Waals surface area contributed by atoms with Crippen LogP contribution in [0, 0.1) is 0 Å². The van der Waals surface area contributed by atoms with E-state index in [1.807, 2.05) is 42.7 Å². The molecule has 5 heteroatoms. The first-order valence-electron chi connectivity index (χ1n) is 6.45. The number of thioether (sulfide) groups is 1. The Morgan fingerprint density at radius 2 is 2.10 bits per heavy atom. The van der Waals surface area contributed by atoms with E-state index in [1.54, 1.807) is 11.8 Å². The molecule has 0 spiro atoms. The van der Waals surface area contributed by atoms with E-state index in [0.29, 0.717) is 0 Å². The highest BCUT2D eigenvalue weighted by atomic mass is 32.2. The Morgan fingerprint density at radius 1 is 1.40 bits per heavy atom. The van der Waals surface area contributed by atoms with Gasteiger partial charge in [0.2, 0.25) is 0 Å². The third-order valence-corrected chi connectivity index (χ3v) is 4.31. The number of hydrogen-bond acceptors (Lipinski definition) is 4. The standard InChI is InChI=1S/C15H17NO3S/c1-10(9-19-15(16)18)11-4-6-12(7-5-11)14(17)13-3-2-8-20-13/h2,4-8,10,13H,3,9H2,1H3,(H2,16,18). The second-order valence-corrected chi connectivity index (χ2v) is 5.86. The summed E-state index contributed by atoms with van der Waals surface area (Å²) in [5.41, 5.74) is 6.67. The van der Waals surface area contributed by atoms with Gasteiger partial charge in [0.1, 0.15) is 0 Å². The number of ether oxygens (including phenoxy) is 1. The molecule has 4 nitrogen and oxygen atoms in total. The summed E-state index contributed by atoms with van der Waals surface area (Å²) in [6.07, 6.45) is 2.05. The molecule has 2 unspecified atom stereocenters. The summed E-state index contributed by atoms with van der Waals surface area (Å²) in [4.78, 5) is 22.8. The molecule has 0 fully saturated rings. The van der Waals surface area contributed by atoms with Gasteiger partial charge in [0.05, 0.1) is 11.9 Å². The van der Waals surface area contributed by atoms with E-state index in [2.05, 4.69) is 0 Å². The third-order valence-electron chi connectivity index (χ3n) is 3.22. The summed E-state index contributed by atoms with van der Waals surface area (Å²) in [5.74, 6) is 0.210. The number of Topliss-reactive ketones (excluding diaryl/α,β-unsaturated/α-hetero) is 1. The molecule has 1 amide bonds. The van der Waals surface area contributed by atoms with Gasteiger partial charge in [0, 0.05) is 11.5 Å². The Morgan fingerprint density at radius 3 is 2.65 bits per heavy atom. The summed E-state index contributed by atoms with van der Waals surface area (Å²) < 4.78 is 4.78. The van der Waals surface area contributed by atoms with Crippen molar-refractivity contribution in [3.8, 4) is 0 Å². The smallest absolute Gasteiger partial charge is 0.404 e. The van der Waals surface area contributed by atoms with Crippen molar-refractivity contribution in [3.63, 3.8) is 0 Å². The first-order valence-corrected chi connectivity index (χ1v) is 7.39. The number of hydrogen-bond donors (Lipinski definition) is 1. The number of nitrogens with two attached hydrogens (primary N) is 1. The summed E-state index contributed by atoms with van der Waals surface area (Å²) in [6, 6.07) is 7.46. The van der Waals surface area contributed by atoms with Crippen molar-refractivity contribution < 1.29 is 14.3 Å². The van der Waals surface area contributed by atoms with Gasteiger partial charge in [-0.2, -0.15) is 0 Å². The molecule has 1 aliphatic rings. The predicted molar refractivity (Wildman–Crippen MR) is 79.9 cm³/mol. The van der Waals surface area contributed by atoms with E-state index >= 15 is 0 Å². The lowest BCUT2D eigenvalue weighted by molar-refractivity contribution is 0.0990. The van der Waals surface area contributed by atoms with Gasteiger partial charge in [-0.15, -0.1) is 11.8 Å². The van der Waals surface area contributed by atoms with Crippen molar-refractivity contribution in [2.75, 3.05) is 6.61 Å². The average Bonchev–Trinajstić information content (AvgIpc) is 2.98. The second kappa shape index (κ2) is 6.61. The third kappa shape index (κ3) is 3.63. The van der Waals surface area contributed by atoms with Crippen molar-refractivity contribution in [2.24, 2.45) is 5.73 Å². The first-order chi connectivity index (χ1) is 9.58. The van der Waals surface area contributed by atoms with E-state index < -0.39 is 6.09 Å². The van der Waals surface area contributed by atoms with E-state index in [4.69, 9.17) is 10.5 Å². The zero-order valence-corrected chi connectivity index (χ0v) is 12.1. The van der Waals surface area contributed by atoms with Crippen LogP contribution in [0.1, 0.15) is 35.2 Å². The maximum absolute atomic E-state index is 12.2. The number of allylic oxidation sites excluding steroid dienone is 1. The van der Waals surface area contributed by atoms with Gasteiger partial charge in [-0.1, -0.05) is 37.3 Å². The molecular weight excluding hydrogens is 274 g/mol. The van der Waals surface area contributed by atoms with Gasteiger partial charge in [0.25, 0.3) is 0 Å². The number of benzene rings is 1. The zero-order chi connectivity index (χ0) is 14.5. The molecule has 1 aliphatic heterocycles. The molecule has 20 heavy (non-hydrogen) atoms. The van der Waals surface area contributed by atoms with Crippen molar-refractivity contribution in [3.05, 3.63) is 46.9 Å². The minimum Gasteiger partial charge on any atom is -0.449 e. The SMILES string of the molecule is CC(COC(N)=O)c1ccc(C(=O)C2CC=CS2)cc1. The van der Waals surface area contributed by atoms with Crippen molar-refractivity contribution in [1.82, 2.24) is 0 Å². The Balaban J connectivity index is 1.98. The topological polar surface area (TPSA) is 69.4 Å². The van der Waals surface area contributed by atoms with Gasteiger partial charge in [0.15, 0.2) is 5.78 Å². The number of carbonyl (C=O) groups is 2. The van der Waals surface area contributed by atoms with Gasteiger partial charge >= 0.3 is 6.09 Å². The minimum absolute atomic E-state index is 0.0106. The molecule has 0 bridgehead atoms.